The van der Waals surface area contributed by atoms with Crippen LogP contribution in [0.25, 0.3) is 0 Å². The number of rotatable bonds is 6. The number of carbonyl (C=O) groups excluding carboxylic acids is 1. The number of likely N-dealkylation sites (tertiary alicyclic amines) is 1. The molecule has 1 saturated heterocycles. The summed E-state index contributed by atoms with van der Waals surface area (Å²) >= 11 is 0. The molecule has 3 atom stereocenters. The van der Waals surface area contributed by atoms with Gasteiger partial charge in [-0.15, -0.1) is 0 Å². The van der Waals surface area contributed by atoms with Gasteiger partial charge >= 0.3 is 0 Å². The Kier molecular flexibility index (Phi) is 5.00. The molecular weight excluding hydrogens is 358 g/mol. The number of amides is 1. The largest absolute Gasteiger partial charge is 0.530 e. The molecule has 7 nitrogen and oxygen atoms in total. The highest BCUT2D eigenvalue weighted by molar-refractivity contribution is 5.88. The van der Waals surface area contributed by atoms with E-state index in [1.165, 1.54) is 23.8 Å². The Balaban J connectivity index is 1.54. The number of piperidine rings is 1. The number of nitrogens with zero attached hydrogens (tertiary/aromatic N) is 3. The summed E-state index contributed by atoms with van der Waals surface area (Å²) in [6.07, 6.45) is 0.702. The third-order valence-corrected chi connectivity index (χ3v) is 6.08. The van der Waals surface area contributed by atoms with Gasteiger partial charge in [0.25, 0.3) is 5.69 Å². The fraction of sp³-hybridized carbons (Fsp3) is 0.381. The van der Waals surface area contributed by atoms with Crippen LogP contribution in [0.3, 0.4) is 0 Å². The minimum Gasteiger partial charge on any atom is -0.530 e. The lowest BCUT2D eigenvalue weighted by Gasteiger charge is -2.31. The summed E-state index contributed by atoms with van der Waals surface area (Å²) in [5, 5.41) is 23.2. The number of hydrogen-bond acceptors (Lipinski definition) is 5. The number of anilines is 1. The van der Waals surface area contributed by atoms with E-state index in [9.17, 15) is 20.0 Å². The quantitative estimate of drug-likeness (QED) is 0.568. The van der Waals surface area contributed by atoms with E-state index in [0.717, 1.165) is 30.8 Å². The predicted octanol–water partition coefficient (Wildman–Crippen LogP) is 2.66. The van der Waals surface area contributed by atoms with Crippen molar-refractivity contribution in [2.45, 2.75) is 25.4 Å². The van der Waals surface area contributed by atoms with Gasteiger partial charge in [0.1, 0.15) is 11.8 Å². The summed E-state index contributed by atoms with van der Waals surface area (Å²) in [5.74, 6) is 0.555. The van der Waals surface area contributed by atoms with Crippen LogP contribution < -0.4 is 10.0 Å². The van der Waals surface area contributed by atoms with E-state index in [-0.39, 0.29) is 29.9 Å². The molecule has 0 spiro atoms. The Hall–Kier alpha value is -2.93. The van der Waals surface area contributed by atoms with Crippen molar-refractivity contribution in [1.82, 2.24) is 4.90 Å². The second kappa shape index (κ2) is 7.59. The van der Waals surface area contributed by atoms with E-state index in [4.69, 9.17) is 0 Å². The summed E-state index contributed by atoms with van der Waals surface area (Å²) in [5.41, 5.74) is 1.12. The Morgan fingerprint density at radius 1 is 1.11 bits per heavy atom. The van der Waals surface area contributed by atoms with Gasteiger partial charge in [0.05, 0.1) is 4.92 Å². The van der Waals surface area contributed by atoms with Crippen LogP contribution in [0.1, 0.15) is 18.4 Å². The van der Waals surface area contributed by atoms with Gasteiger partial charge in [0, 0.05) is 31.7 Å². The van der Waals surface area contributed by atoms with Crippen molar-refractivity contribution >= 4 is 17.5 Å². The van der Waals surface area contributed by atoms with E-state index in [2.05, 4.69) is 17.0 Å². The second-order valence-corrected chi connectivity index (χ2v) is 7.61. The molecule has 1 aliphatic heterocycles. The molecule has 0 N–H and O–H groups in total. The standard InChI is InChI=1S/C21H23N3O4/c25-21(26)23(19-8-4-5-9-20(19)24(27)28)14-17-16-10-11-18(17)22(13-16)12-15-6-2-1-3-7-15/h1-9,16-18H,10-14H2,(H,25,26)/p-1. The van der Waals surface area contributed by atoms with Crippen LogP contribution in [0, 0.1) is 22.0 Å². The van der Waals surface area contributed by atoms with Gasteiger partial charge in [0.2, 0.25) is 0 Å². The highest BCUT2D eigenvalue weighted by Gasteiger charge is 2.47. The van der Waals surface area contributed by atoms with Gasteiger partial charge in [-0.2, -0.15) is 0 Å². The zero-order valence-electron chi connectivity index (χ0n) is 15.4. The monoisotopic (exact) mass is 380 g/mol. The number of hydrogen-bond donors (Lipinski definition) is 0. The van der Waals surface area contributed by atoms with Crippen LogP contribution in [0.15, 0.2) is 54.6 Å². The van der Waals surface area contributed by atoms with Crippen molar-refractivity contribution in [3.8, 4) is 0 Å². The maximum absolute atomic E-state index is 11.8. The second-order valence-electron chi connectivity index (χ2n) is 7.61. The van der Waals surface area contributed by atoms with Gasteiger partial charge in [0.15, 0.2) is 0 Å². The van der Waals surface area contributed by atoms with Gasteiger partial charge in [-0.1, -0.05) is 42.5 Å². The first-order chi connectivity index (χ1) is 13.5. The number of carbonyl (C=O) groups is 1. The van der Waals surface area contributed by atoms with Crippen molar-refractivity contribution in [3.05, 3.63) is 70.3 Å². The number of benzene rings is 2. The molecule has 0 aromatic heterocycles. The normalized spacial score (nSPS) is 23.6. The summed E-state index contributed by atoms with van der Waals surface area (Å²) in [7, 11) is 0. The lowest BCUT2D eigenvalue weighted by Crippen LogP contribution is -2.46. The van der Waals surface area contributed by atoms with Crippen molar-refractivity contribution in [1.29, 1.82) is 0 Å². The number of fused-ring (bicyclic) bond motifs is 2. The molecule has 4 rings (SSSR count). The number of nitro benzene ring substituents is 1. The molecule has 2 aromatic rings. The lowest BCUT2D eigenvalue weighted by atomic mass is 9.97. The number of nitro groups is 1. The predicted molar refractivity (Wildman–Crippen MR) is 103 cm³/mol. The third-order valence-electron chi connectivity index (χ3n) is 6.08. The van der Waals surface area contributed by atoms with E-state index in [0.29, 0.717) is 5.92 Å². The Bertz CT molecular complexity index is 873. The SMILES string of the molecule is O=C([O-])N(CC1C2CCC1N(Cc1ccccc1)C2)c1ccccc1[N+](=O)[O-]. The average Bonchev–Trinajstić information content (AvgIpc) is 3.23. The van der Waals surface area contributed by atoms with E-state index in [1.54, 1.807) is 6.07 Å². The van der Waals surface area contributed by atoms with Gasteiger partial charge in [-0.25, -0.2) is 0 Å². The molecule has 7 heteroatoms. The molecule has 1 heterocycles. The smallest absolute Gasteiger partial charge is 0.292 e. The summed E-state index contributed by atoms with van der Waals surface area (Å²) < 4.78 is 0. The van der Waals surface area contributed by atoms with Crippen molar-refractivity contribution in [2.75, 3.05) is 18.0 Å². The zero-order chi connectivity index (χ0) is 19.7. The third kappa shape index (κ3) is 3.45. The molecule has 1 aliphatic carbocycles. The van der Waals surface area contributed by atoms with Gasteiger partial charge < -0.3 is 14.8 Å². The van der Waals surface area contributed by atoms with Crippen LogP contribution in [0.5, 0.6) is 0 Å². The number of para-hydroxylation sites is 2. The summed E-state index contributed by atoms with van der Waals surface area (Å²) in [6.45, 7) is 2.01. The molecule has 2 aliphatic rings. The molecule has 2 aromatic carbocycles. The first kappa shape index (κ1) is 18.4. The first-order valence-electron chi connectivity index (χ1n) is 9.54. The molecule has 2 fully saturated rings. The fourth-order valence-electron chi connectivity index (χ4n) is 4.84. The molecule has 2 bridgehead atoms. The number of carboxylic acid groups (broad SMARTS) is 1. The molecular formula is C21H22N3O4-. The average molecular weight is 380 g/mol. The van der Waals surface area contributed by atoms with E-state index in [1.807, 2.05) is 18.2 Å². The highest BCUT2D eigenvalue weighted by Crippen LogP contribution is 2.44. The first-order valence-corrected chi connectivity index (χ1v) is 9.54. The summed E-state index contributed by atoms with van der Waals surface area (Å²) in [6, 6.07) is 16.5. The lowest BCUT2D eigenvalue weighted by molar-refractivity contribution is -0.384. The molecule has 0 radical (unpaired) electrons. The van der Waals surface area contributed by atoms with E-state index >= 15 is 0 Å². The van der Waals surface area contributed by atoms with Crippen molar-refractivity contribution in [2.24, 2.45) is 11.8 Å². The molecule has 1 saturated carbocycles. The van der Waals surface area contributed by atoms with Gasteiger partial charge in [-0.3, -0.25) is 15.0 Å². The van der Waals surface area contributed by atoms with Crippen LogP contribution in [-0.2, 0) is 6.54 Å². The Labute approximate surface area is 163 Å². The fourth-order valence-corrected chi connectivity index (χ4v) is 4.84. The molecule has 1 amide bonds. The topological polar surface area (TPSA) is 89.8 Å². The zero-order valence-corrected chi connectivity index (χ0v) is 15.4. The van der Waals surface area contributed by atoms with Gasteiger partial charge in [-0.05, 0) is 36.3 Å². The van der Waals surface area contributed by atoms with Crippen molar-refractivity contribution < 1.29 is 14.8 Å². The Morgan fingerprint density at radius 2 is 1.82 bits per heavy atom. The minimum atomic E-state index is -1.39. The van der Waals surface area contributed by atoms with Crippen LogP contribution >= 0.6 is 0 Å². The van der Waals surface area contributed by atoms with Crippen LogP contribution in [0.2, 0.25) is 0 Å². The maximum Gasteiger partial charge on any atom is 0.292 e. The Morgan fingerprint density at radius 3 is 2.54 bits per heavy atom. The molecule has 146 valence electrons. The highest BCUT2D eigenvalue weighted by atomic mass is 16.6. The molecule has 28 heavy (non-hydrogen) atoms. The van der Waals surface area contributed by atoms with Crippen LogP contribution in [-0.4, -0.2) is 35.0 Å². The maximum atomic E-state index is 11.8. The minimum absolute atomic E-state index is 0.0911. The van der Waals surface area contributed by atoms with Crippen molar-refractivity contribution in [3.63, 3.8) is 0 Å². The van der Waals surface area contributed by atoms with Crippen LogP contribution in [0.4, 0.5) is 16.2 Å². The summed E-state index contributed by atoms with van der Waals surface area (Å²) in [4.78, 5) is 26.1. The molecule has 3 unspecified atom stereocenters. The van der Waals surface area contributed by atoms with E-state index < -0.39 is 11.0 Å².